The van der Waals surface area contributed by atoms with E-state index < -0.39 is 0 Å². The Kier molecular flexibility index (Phi) is 4.11. The molecule has 0 aliphatic heterocycles. The molecular formula is C11H15N5S. The van der Waals surface area contributed by atoms with Gasteiger partial charge in [0, 0.05) is 18.5 Å². The first-order valence-electron chi connectivity index (χ1n) is 5.50. The minimum atomic E-state index is 0.800. The van der Waals surface area contributed by atoms with Crippen LogP contribution in [-0.2, 0) is 13.6 Å². The summed E-state index contributed by atoms with van der Waals surface area (Å²) in [5.74, 6) is 0. The molecule has 0 amide bonds. The number of hydrogen-bond donors (Lipinski definition) is 1. The minimum absolute atomic E-state index is 0.800. The van der Waals surface area contributed by atoms with E-state index in [1.807, 2.05) is 19.2 Å². The van der Waals surface area contributed by atoms with Crippen LogP contribution in [0.1, 0.15) is 12.5 Å². The Hall–Kier alpha value is -1.40. The number of nitrogens with zero attached hydrogens (tertiary/aromatic N) is 4. The molecule has 0 bridgehead atoms. The van der Waals surface area contributed by atoms with Crippen LogP contribution in [-0.4, -0.2) is 26.8 Å². The van der Waals surface area contributed by atoms with Crippen molar-refractivity contribution in [3.05, 3.63) is 29.8 Å². The second kappa shape index (κ2) is 5.79. The van der Waals surface area contributed by atoms with Gasteiger partial charge in [-0.1, -0.05) is 25.1 Å². The lowest BCUT2D eigenvalue weighted by atomic mass is 10.2. The van der Waals surface area contributed by atoms with E-state index in [1.165, 1.54) is 10.5 Å². The molecule has 0 spiro atoms. The summed E-state index contributed by atoms with van der Waals surface area (Å²) >= 11 is 1.58. The zero-order valence-electron chi connectivity index (χ0n) is 9.92. The summed E-state index contributed by atoms with van der Waals surface area (Å²) < 4.78 is 1.68. The fraction of sp³-hybridized carbons (Fsp3) is 0.364. The van der Waals surface area contributed by atoms with Crippen LogP contribution in [0.5, 0.6) is 0 Å². The molecule has 2 aromatic rings. The normalized spacial score (nSPS) is 10.7. The highest BCUT2D eigenvalue weighted by Crippen LogP contribution is 2.27. The first kappa shape index (κ1) is 12.1. The van der Waals surface area contributed by atoms with Crippen LogP contribution in [0.15, 0.2) is 34.3 Å². The maximum absolute atomic E-state index is 3.98. The zero-order chi connectivity index (χ0) is 12.1. The van der Waals surface area contributed by atoms with E-state index in [4.69, 9.17) is 0 Å². The number of rotatable bonds is 5. The quantitative estimate of drug-likeness (QED) is 0.869. The van der Waals surface area contributed by atoms with Gasteiger partial charge in [-0.3, -0.25) is 0 Å². The van der Waals surface area contributed by atoms with Crippen molar-refractivity contribution in [1.82, 2.24) is 25.5 Å². The lowest BCUT2D eigenvalue weighted by Gasteiger charge is -2.08. The van der Waals surface area contributed by atoms with E-state index >= 15 is 0 Å². The van der Waals surface area contributed by atoms with E-state index in [1.54, 1.807) is 16.4 Å². The first-order chi connectivity index (χ1) is 8.31. The van der Waals surface area contributed by atoms with Crippen LogP contribution in [0.3, 0.4) is 0 Å². The Morgan fingerprint density at radius 2 is 2.18 bits per heavy atom. The highest BCUT2D eigenvalue weighted by molar-refractivity contribution is 7.99. The van der Waals surface area contributed by atoms with Crippen molar-refractivity contribution in [3.8, 4) is 0 Å². The highest BCUT2D eigenvalue weighted by Gasteiger charge is 2.08. The van der Waals surface area contributed by atoms with Gasteiger partial charge >= 0.3 is 0 Å². The van der Waals surface area contributed by atoms with Crippen molar-refractivity contribution in [2.75, 3.05) is 6.54 Å². The predicted octanol–water partition coefficient (Wildman–Crippen LogP) is 1.47. The third kappa shape index (κ3) is 3.04. The number of benzene rings is 1. The van der Waals surface area contributed by atoms with Crippen molar-refractivity contribution in [2.45, 2.75) is 23.5 Å². The van der Waals surface area contributed by atoms with Crippen LogP contribution >= 0.6 is 11.8 Å². The van der Waals surface area contributed by atoms with Crippen LogP contribution in [0, 0.1) is 0 Å². The molecule has 1 heterocycles. The molecule has 0 fully saturated rings. The first-order valence-corrected chi connectivity index (χ1v) is 6.31. The summed E-state index contributed by atoms with van der Waals surface area (Å²) in [6.07, 6.45) is 0. The van der Waals surface area contributed by atoms with Gasteiger partial charge in [-0.2, -0.15) is 0 Å². The molecule has 0 saturated carbocycles. The highest BCUT2D eigenvalue weighted by atomic mass is 32.2. The molecule has 6 heteroatoms. The van der Waals surface area contributed by atoms with Gasteiger partial charge in [0.25, 0.3) is 0 Å². The number of nitrogens with one attached hydrogen (secondary N) is 1. The minimum Gasteiger partial charge on any atom is -0.313 e. The van der Waals surface area contributed by atoms with Crippen molar-refractivity contribution >= 4 is 11.8 Å². The van der Waals surface area contributed by atoms with Gasteiger partial charge in [0.05, 0.1) is 0 Å². The molecule has 0 aliphatic carbocycles. The Labute approximate surface area is 105 Å². The molecule has 90 valence electrons. The summed E-state index contributed by atoms with van der Waals surface area (Å²) in [5, 5.41) is 15.6. The van der Waals surface area contributed by atoms with Crippen LogP contribution in [0.25, 0.3) is 0 Å². The molecule has 0 saturated heterocycles. The fourth-order valence-corrected chi connectivity index (χ4v) is 2.28. The van der Waals surface area contributed by atoms with Crippen LogP contribution in [0.4, 0.5) is 0 Å². The van der Waals surface area contributed by atoms with Gasteiger partial charge in [0.15, 0.2) is 0 Å². The van der Waals surface area contributed by atoms with Crippen LogP contribution < -0.4 is 5.32 Å². The topological polar surface area (TPSA) is 55.6 Å². The molecule has 0 unspecified atom stereocenters. The molecular weight excluding hydrogens is 234 g/mol. The van der Waals surface area contributed by atoms with Crippen molar-refractivity contribution in [1.29, 1.82) is 0 Å². The van der Waals surface area contributed by atoms with E-state index in [-0.39, 0.29) is 0 Å². The predicted molar refractivity (Wildman–Crippen MR) is 66.7 cm³/mol. The average molecular weight is 249 g/mol. The molecule has 1 N–H and O–H groups in total. The van der Waals surface area contributed by atoms with Gasteiger partial charge in [0.2, 0.25) is 5.16 Å². The molecule has 1 aromatic carbocycles. The number of tetrazole rings is 1. The second-order valence-electron chi connectivity index (χ2n) is 3.58. The molecule has 17 heavy (non-hydrogen) atoms. The standard InChI is InChI=1S/C11H15N5S/c1-3-12-8-9-6-4-5-7-10(9)17-11-13-14-15-16(11)2/h4-7,12H,3,8H2,1-2H3. The fourth-order valence-electron chi connectivity index (χ4n) is 1.42. The molecule has 0 atom stereocenters. The molecule has 0 aliphatic rings. The van der Waals surface area contributed by atoms with Gasteiger partial charge in [0.1, 0.15) is 0 Å². The van der Waals surface area contributed by atoms with Gasteiger partial charge < -0.3 is 5.32 Å². The summed E-state index contributed by atoms with van der Waals surface area (Å²) in [6, 6.07) is 8.29. The monoisotopic (exact) mass is 249 g/mol. The molecule has 1 aromatic heterocycles. The van der Waals surface area contributed by atoms with E-state index in [2.05, 4.69) is 39.9 Å². The van der Waals surface area contributed by atoms with Gasteiger partial charge in [-0.05, 0) is 40.4 Å². The largest absolute Gasteiger partial charge is 0.313 e. The summed E-state index contributed by atoms with van der Waals surface area (Å²) in [6.45, 7) is 3.93. The van der Waals surface area contributed by atoms with E-state index in [9.17, 15) is 0 Å². The summed E-state index contributed by atoms with van der Waals surface area (Å²) in [7, 11) is 1.84. The third-order valence-electron chi connectivity index (χ3n) is 2.32. The Morgan fingerprint density at radius 1 is 1.35 bits per heavy atom. The lowest BCUT2D eigenvalue weighted by Crippen LogP contribution is -2.12. The summed E-state index contributed by atoms with van der Waals surface area (Å²) in [5.41, 5.74) is 1.27. The van der Waals surface area contributed by atoms with E-state index in [0.717, 1.165) is 18.2 Å². The third-order valence-corrected chi connectivity index (χ3v) is 3.47. The number of aryl methyl sites for hydroxylation is 1. The smallest absolute Gasteiger partial charge is 0.213 e. The van der Waals surface area contributed by atoms with Crippen molar-refractivity contribution < 1.29 is 0 Å². The van der Waals surface area contributed by atoms with Crippen molar-refractivity contribution in [3.63, 3.8) is 0 Å². The van der Waals surface area contributed by atoms with Gasteiger partial charge in [-0.15, -0.1) is 5.10 Å². The van der Waals surface area contributed by atoms with Crippen LogP contribution in [0.2, 0.25) is 0 Å². The summed E-state index contributed by atoms with van der Waals surface area (Å²) in [4.78, 5) is 1.19. The lowest BCUT2D eigenvalue weighted by molar-refractivity contribution is 0.664. The zero-order valence-corrected chi connectivity index (χ0v) is 10.7. The van der Waals surface area contributed by atoms with E-state index in [0.29, 0.717) is 0 Å². The van der Waals surface area contributed by atoms with Crippen molar-refractivity contribution in [2.24, 2.45) is 7.05 Å². The maximum Gasteiger partial charge on any atom is 0.213 e. The average Bonchev–Trinajstić information content (AvgIpc) is 2.74. The Balaban J connectivity index is 2.17. The number of aromatic nitrogens is 4. The molecule has 0 radical (unpaired) electrons. The molecule has 2 rings (SSSR count). The van der Waals surface area contributed by atoms with Gasteiger partial charge in [-0.25, -0.2) is 4.68 Å². The number of hydrogen-bond acceptors (Lipinski definition) is 5. The Bertz CT molecular complexity index is 482. The molecule has 5 nitrogen and oxygen atoms in total. The second-order valence-corrected chi connectivity index (χ2v) is 4.58. The Morgan fingerprint density at radius 3 is 2.88 bits per heavy atom. The SMILES string of the molecule is CCNCc1ccccc1Sc1nnnn1C. The maximum atomic E-state index is 3.98.